The number of pyridine rings is 1. The minimum Gasteiger partial charge on any atom is -0.494 e. The molecule has 0 aliphatic carbocycles. The summed E-state index contributed by atoms with van der Waals surface area (Å²) in [5.74, 6) is 0.492. The average molecular weight is 576 g/mol. The van der Waals surface area contributed by atoms with E-state index in [0.717, 1.165) is 34.0 Å². The lowest BCUT2D eigenvalue weighted by molar-refractivity contribution is -0.115. The first-order valence-electron chi connectivity index (χ1n) is 14.1. The molecule has 6 rings (SSSR count). The third-order valence-corrected chi connectivity index (χ3v) is 8.27. The van der Waals surface area contributed by atoms with E-state index >= 15 is 0 Å². The van der Waals surface area contributed by atoms with Gasteiger partial charge in [0.05, 0.1) is 36.3 Å². The maximum Gasteiger partial charge on any atom is 0.224 e. The zero-order valence-corrected chi connectivity index (χ0v) is 24.9. The van der Waals surface area contributed by atoms with Crippen molar-refractivity contribution in [1.29, 1.82) is 0 Å². The highest BCUT2D eigenvalue weighted by atomic mass is 32.1. The second-order valence-corrected chi connectivity index (χ2v) is 10.8. The van der Waals surface area contributed by atoms with Crippen LogP contribution in [-0.2, 0) is 4.79 Å². The van der Waals surface area contributed by atoms with Crippen molar-refractivity contribution in [2.24, 2.45) is 0 Å². The predicted octanol–water partition coefficient (Wildman–Crippen LogP) is 7.18. The van der Waals surface area contributed by atoms with Crippen LogP contribution in [0.15, 0.2) is 91.1 Å². The van der Waals surface area contributed by atoms with Crippen LogP contribution in [0.3, 0.4) is 0 Å². The minimum atomic E-state index is -0.192. The molecule has 8 heteroatoms. The number of nitrogens with one attached hydrogen (secondary N) is 2. The van der Waals surface area contributed by atoms with Gasteiger partial charge in [-0.3, -0.25) is 9.78 Å². The maximum atomic E-state index is 12.1. The van der Waals surface area contributed by atoms with Gasteiger partial charge in [0.1, 0.15) is 5.75 Å². The molecule has 0 saturated carbocycles. The Kier molecular flexibility index (Phi) is 7.39. The number of rotatable bonds is 7. The van der Waals surface area contributed by atoms with E-state index in [0.29, 0.717) is 23.0 Å². The number of hydrogen-bond donors (Lipinski definition) is 2. The molecule has 2 unspecified atom stereocenters. The summed E-state index contributed by atoms with van der Waals surface area (Å²) >= 11 is 5.99. The second kappa shape index (κ2) is 11.3. The fourth-order valence-corrected chi connectivity index (χ4v) is 6.33. The van der Waals surface area contributed by atoms with Gasteiger partial charge in [0.2, 0.25) is 5.91 Å². The highest BCUT2D eigenvalue weighted by Crippen LogP contribution is 2.45. The van der Waals surface area contributed by atoms with Gasteiger partial charge in [-0.15, -0.1) is 0 Å². The number of hydrogen-bond acceptors (Lipinski definition) is 4. The average Bonchev–Trinajstić information content (AvgIpc) is 3.51. The number of anilines is 2. The zero-order valence-electron chi connectivity index (χ0n) is 24.1. The standard InChI is InChI=1S/C34H33N5O2S/c1-5-31(40)36-27-17-16-24(20-30(27)41-4)39-33(32(37-34(39)42)28-14-8-9-18-35-28)26-19-21(2)38(22(26)3)29-15-10-12-23-11-6-7-13-25(23)29/h6-20,32-33H,5H2,1-4H3,(H,36,40)(H,37,42). The van der Waals surface area contributed by atoms with Crippen molar-refractivity contribution in [2.45, 2.75) is 39.3 Å². The van der Waals surface area contributed by atoms with Crippen molar-refractivity contribution >= 4 is 45.4 Å². The number of benzene rings is 3. The summed E-state index contributed by atoms with van der Waals surface area (Å²) in [6.45, 7) is 6.14. The van der Waals surface area contributed by atoms with E-state index in [1.807, 2.05) is 49.5 Å². The molecule has 0 bridgehead atoms. The van der Waals surface area contributed by atoms with E-state index in [2.05, 4.69) is 82.5 Å². The molecule has 212 valence electrons. The molecule has 1 saturated heterocycles. The number of ether oxygens (including phenoxy) is 1. The Balaban J connectivity index is 1.51. The Labute approximate surface area is 251 Å². The highest BCUT2D eigenvalue weighted by Gasteiger charge is 2.42. The summed E-state index contributed by atoms with van der Waals surface area (Å²) in [6.07, 6.45) is 2.19. The van der Waals surface area contributed by atoms with Crippen LogP contribution in [0.2, 0.25) is 0 Å². The largest absolute Gasteiger partial charge is 0.494 e. The van der Waals surface area contributed by atoms with E-state index < -0.39 is 0 Å². The summed E-state index contributed by atoms with van der Waals surface area (Å²) in [7, 11) is 1.60. The van der Waals surface area contributed by atoms with E-state index in [4.69, 9.17) is 21.9 Å². The monoisotopic (exact) mass is 575 g/mol. The Morgan fingerprint density at radius 2 is 1.81 bits per heavy atom. The molecule has 0 spiro atoms. The summed E-state index contributed by atoms with van der Waals surface area (Å²) in [5.41, 5.74) is 6.93. The SMILES string of the molecule is CCC(=O)Nc1ccc(N2C(=S)NC(c3ccccn3)C2c2cc(C)n(-c3cccc4ccccc34)c2C)cc1OC. The number of thiocarbonyl (C=S) groups is 1. The van der Waals surface area contributed by atoms with Crippen LogP contribution < -0.4 is 20.3 Å². The van der Waals surface area contributed by atoms with Gasteiger partial charge in [0.15, 0.2) is 5.11 Å². The van der Waals surface area contributed by atoms with Crippen LogP contribution in [0.25, 0.3) is 16.5 Å². The Morgan fingerprint density at radius 3 is 2.57 bits per heavy atom. The molecule has 5 aromatic rings. The van der Waals surface area contributed by atoms with Crippen molar-refractivity contribution in [1.82, 2.24) is 14.9 Å². The van der Waals surface area contributed by atoms with Crippen molar-refractivity contribution in [3.63, 3.8) is 0 Å². The molecule has 0 radical (unpaired) electrons. The molecule has 2 aromatic heterocycles. The van der Waals surface area contributed by atoms with E-state index in [9.17, 15) is 4.79 Å². The number of aromatic nitrogens is 2. The molecular formula is C34H33N5O2S. The van der Waals surface area contributed by atoms with Gasteiger partial charge >= 0.3 is 0 Å². The molecule has 7 nitrogen and oxygen atoms in total. The van der Waals surface area contributed by atoms with Gasteiger partial charge in [0, 0.05) is 41.1 Å². The highest BCUT2D eigenvalue weighted by molar-refractivity contribution is 7.80. The summed E-state index contributed by atoms with van der Waals surface area (Å²) in [4.78, 5) is 19.0. The normalized spacial score (nSPS) is 16.5. The van der Waals surface area contributed by atoms with E-state index in [1.54, 1.807) is 7.11 Å². The molecule has 1 amide bonds. The number of methoxy groups -OCH3 is 1. The van der Waals surface area contributed by atoms with Crippen molar-refractivity contribution in [2.75, 3.05) is 17.3 Å². The molecule has 2 atom stereocenters. The Morgan fingerprint density at radius 1 is 1.02 bits per heavy atom. The molecular weight excluding hydrogens is 542 g/mol. The van der Waals surface area contributed by atoms with Crippen LogP contribution in [0.1, 0.15) is 48.1 Å². The van der Waals surface area contributed by atoms with E-state index in [-0.39, 0.29) is 18.0 Å². The minimum absolute atomic E-state index is 0.0756. The van der Waals surface area contributed by atoms with Gasteiger partial charge in [-0.25, -0.2) is 0 Å². The van der Waals surface area contributed by atoms with E-state index in [1.165, 1.54) is 10.8 Å². The molecule has 1 fully saturated rings. The molecule has 1 aliphatic rings. The van der Waals surface area contributed by atoms with Crippen LogP contribution in [0.4, 0.5) is 11.4 Å². The third-order valence-electron chi connectivity index (χ3n) is 7.95. The van der Waals surface area contributed by atoms with Gasteiger partial charge in [0.25, 0.3) is 0 Å². The fraction of sp³-hybridized carbons (Fsp3) is 0.206. The van der Waals surface area contributed by atoms with Gasteiger partial charge in [-0.2, -0.15) is 0 Å². The third kappa shape index (κ3) is 4.77. The first-order chi connectivity index (χ1) is 20.4. The van der Waals surface area contributed by atoms with Crippen LogP contribution in [-0.4, -0.2) is 27.7 Å². The lowest BCUT2D eigenvalue weighted by atomic mass is 9.96. The summed E-state index contributed by atoms with van der Waals surface area (Å²) < 4.78 is 8.03. The Bertz CT molecular complexity index is 1790. The molecule has 3 aromatic carbocycles. The molecule has 42 heavy (non-hydrogen) atoms. The zero-order chi connectivity index (χ0) is 29.4. The molecule has 3 heterocycles. The number of fused-ring (bicyclic) bond motifs is 1. The fourth-order valence-electron chi connectivity index (χ4n) is 5.98. The topological polar surface area (TPSA) is 71.4 Å². The lowest BCUT2D eigenvalue weighted by Crippen LogP contribution is -2.29. The first kappa shape index (κ1) is 27.5. The van der Waals surface area contributed by atoms with Gasteiger partial charge < -0.3 is 24.8 Å². The van der Waals surface area contributed by atoms with Crippen LogP contribution >= 0.6 is 12.2 Å². The number of nitrogens with zero attached hydrogens (tertiary/aromatic N) is 3. The van der Waals surface area contributed by atoms with Gasteiger partial charge in [-0.1, -0.05) is 49.4 Å². The number of amides is 1. The second-order valence-electron chi connectivity index (χ2n) is 10.4. The summed E-state index contributed by atoms with van der Waals surface area (Å²) in [5, 5.41) is 9.48. The summed E-state index contributed by atoms with van der Waals surface area (Å²) in [6, 6.07) is 28.5. The van der Waals surface area contributed by atoms with Crippen LogP contribution in [0.5, 0.6) is 5.75 Å². The van der Waals surface area contributed by atoms with Gasteiger partial charge in [-0.05, 0) is 73.4 Å². The number of carbonyl (C=O) groups excluding carboxylic acids is 1. The van der Waals surface area contributed by atoms with Crippen molar-refractivity contribution < 1.29 is 9.53 Å². The smallest absolute Gasteiger partial charge is 0.224 e. The quantitative estimate of drug-likeness (QED) is 0.200. The van der Waals surface area contributed by atoms with Crippen molar-refractivity contribution in [3.8, 4) is 11.4 Å². The first-order valence-corrected chi connectivity index (χ1v) is 14.5. The van der Waals surface area contributed by atoms with Crippen LogP contribution in [0, 0.1) is 13.8 Å². The number of aryl methyl sites for hydroxylation is 1. The molecule has 2 N–H and O–H groups in total. The molecule has 1 aliphatic heterocycles. The lowest BCUT2D eigenvalue weighted by Gasteiger charge is -2.29. The number of carbonyl (C=O) groups is 1. The maximum absolute atomic E-state index is 12.1. The Hall–Kier alpha value is -4.69. The van der Waals surface area contributed by atoms with Crippen molar-refractivity contribution in [3.05, 3.63) is 114 Å². The predicted molar refractivity (Wildman–Crippen MR) is 173 cm³/mol.